The molecular weight excluding hydrogens is 283 g/mol. The number of hydrogen-bond donors (Lipinski definition) is 0. The van der Waals surface area contributed by atoms with E-state index < -0.39 is 34.3 Å². The summed E-state index contributed by atoms with van der Waals surface area (Å²) < 4.78 is 48.0. The van der Waals surface area contributed by atoms with Crippen molar-refractivity contribution < 1.29 is 32.4 Å². The van der Waals surface area contributed by atoms with Gasteiger partial charge in [-0.3, -0.25) is 10.1 Å². The molecule has 20 heavy (non-hydrogen) atoms. The molecule has 0 atom stereocenters. The predicted molar refractivity (Wildman–Crippen MR) is 60.0 cm³/mol. The van der Waals surface area contributed by atoms with E-state index in [0.29, 0.717) is 12.1 Å². The number of carbonyl (C=O) groups is 1. The van der Waals surface area contributed by atoms with Gasteiger partial charge >= 0.3 is 12.1 Å². The highest BCUT2D eigenvalue weighted by molar-refractivity contribution is 5.76. The van der Waals surface area contributed by atoms with Crippen LogP contribution in [0.1, 0.15) is 12.5 Å². The van der Waals surface area contributed by atoms with Gasteiger partial charge in [-0.15, -0.1) is 0 Å². The highest BCUT2D eigenvalue weighted by Crippen LogP contribution is 2.31. The molecule has 0 spiro atoms. The summed E-state index contributed by atoms with van der Waals surface area (Å²) in [4.78, 5) is 20.6. The van der Waals surface area contributed by atoms with E-state index in [1.54, 1.807) is 0 Å². The molecule has 0 heterocycles. The van der Waals surface area contributed by atoms with Gasteiger partial charge < -0.3 is 9.47 Å². The molecule has 0 radical (unpaired) electrons. The summed E-state index contributed by atoms with van der Waals surface area (Å²) in [6, 6.07) is 1.15. The Morgan fingerprint density at radius 3 is 2.55 bits per heavy atom. The lowest BCUT2D eigenvalue weighted by molar-refractivity contribution is -0.385. The molecule has 110 valence electrons. The SMILES string of the molecule is CCOC(=O)C(F)(F)Oc1cc(C)c([N+](=O)[O-])cc1F. The summed E-state index contributed by atoms with van der Waals surface area (Å²) in [5.74, 6) is -4.34. The number of ether oxygens (including phenoxy) is 2. The van der Waals surface area contributed by atoms with E-state index in [2.05, 4.69) is 9.47 Å². The third-order valence-corrected chi connectivity index (χ3v) is 2.20. The second-order valence-corrected chi connectivity index (χ2v) is 3.67. The van der Waals surface area contributed by atoms with Gasteiger partial charge in [-0.1, -0.05) is 0 Å². The number of benzene rings is 1. The molecule has 1 aromatic rings. The number of aryl methyl sites for hydroxylation is 1. The average molecular weight is 293 g/mol. The minimum Gasteiger partial charge on any atom is -0.459 e. The van der Waals surface area contributed by atoms with Crippen LogP contribution in [0, 0.1) is 22.9 Å². The maximum absolute atomic E-state index is 13.5. The summed E-state index contributed by atoms with van der Waals surface area (Å²) in [5, 5.41) is 10.5. The lowest BCUT2D eigenvalue weighted by atomic mass is 10.2. The molecule has 1 aromatic carbocycles. The van der Waals surface area contributed by atoms with Crippen LogP contribution in [0.5, 0.6) is 5.75 Å². The van der Waals surface area contributed by atoms with E-state index in [4.69, 9.17) is 0 Å². The van der Waals surface area contributed by atoms with Crippen LogP contribution in [-0.2, 0) is 9.53 Å². The first-order valence-electron chi connectivity index (χ1n) is 5.37. The van der Waals surface area contributed by atoms with E-state index in [-0.39, 0.29) is 12.2 Å². The summed E-state index contributed by atoms with van der Waals surface area (Å²) in [7, 11) is 0. The number of nitro benzene ring substituents is 1. The van der Waals surface area contributed by atoms with Crippen LogP contribution in [0.2, 0.25) is 0 Å². The second-order valence-electron chi connectivity index (χ2n) is 3.67. The van der Waals surface area contributed by atoms with Crippen molar-refractivity contribution in [3.8, 4) is 5.75 Å². The number of esters is 1. The van der Waals surface area contributed by atoms with Gasteiger partial charge in [0, 0.05) is 5.56 Å². The Balaban J connectivity index is 3.07. The zero-order chi connectivity index (χ0) is 15.5. The zero-order valence-corrected chi connectivity index (χ0v) is 10.5. The quantitative estimate of drug-likeness (QED) is 0.473. The summed E-state index contributed by atoms with van der Waals surface area (Å²) in [5.41, 5.74) is -0.680. The molecule has 6 nitrogen and oxygen atoms in total. The minimum atomic E-state index is -4.39. The molecular formula is C11H10F3NO5. The van der Waals surface area contributed by atoms with Crippen molar-refractivity contribution in [1.29, 1.82) is 0 Å². The van der Waals surface area contributed by atoms with Gasteiger partial charge in [0.2, 0.25) is 0 Å². The van der Waals surface area contributed by atoms with Gasteiger partial charge in [0.1, 0.15) is 0 Å². The fourth-order valence-electron chi connectivity index (χ4n) is 1.31. The van der Waals surface area contributed by atoms with Crippen molar-refractivity contribution in [3.63, 3.8) is 0 Å². The van der Waals surface area contributed by atoms with Gasteiger partial charge in [0.25, 0.3) is 5.69 Å². The largest absolute Gasteiger partial charge is 0.502 e. The molecule has 0 unspecified atom stereocenters. The Bertz CT molecular complexity index is 547. The summed E-state index contributed by atoms with van der Waals surface area (Å²) >= 11 is 0. The molecule has 0 aliphatic rings. The molecule has 0 N–H and O–H groups in total. The first-order chi connectivity index (χ1) is 9.19. The van der Waals surface area contributed by atoms with Crippen LogP contribution in [0.3, 0.4) is 0 Å². The van der Waals surface area contributed by atoms with Gasteiger partial charge in [-0.2, -0.15) is 8.78 Å². The van der Waals surface area contributed by atoms with Gasteiger partial charge in [0.05, 0.1) is 17.6 Å². The van der Waals surface area contributed by atoms with Crippen molar-refractivity contribution in [3.05, 3.63) is 33.6 Å². The highest BCUT2D eigenvalue weighted by atomic mass is 19.3. The number of rotatable bonds is 5. The molecule has 0 aromatic heterocycles. The van der Waals surface area contributed by atoms with E-state index in [0.717, 1.165) is 0 Å². The number of nitro groups is 1. The van der Waals surface area contributed by atoms with E-state index >= 15 is 0 Å². The Hall–Kier alpha value is -2.32. The number of alkyl halides is 2. The van der Waals surface area contributed by atoms with Crippen LogP contribution in [0.15, 0.2) is 12.1 Å². The monoisotopic (exact) mass is 293 g/mol. The highest BCUT2D eigenvalue weighted by Gasteiger charge is 2.45. The van der Waals surface area contributed by atoms with E-state index in [1.807, 2.05) is 0 Å². The maximum Gasteiger partial charge on any atom is 0.502 e. The Labute approximate surface area is 111 Å². The molecule has 9 heteroatoms. The molecule has 0 aliphatic carbocycles. The number of halogens is 3. The fourth-order valence-corrected chi connectivity index (χ4v) is 1.31. The third-order valence-electron chi connectivity index (χ3n) is 2.20. The van der Waals surface area contributed by atoms with Crippen molar-refractivity contribution in [2.45, 2.75) is 20.0 Å². The van der Waals surface area contributed by atoms with Crippen LogP contribution in [0.4, 0.5) is 18.9 Å². The fraction of sp³-hybridized carbons (Fsp3) is 0.364. The molecule has 0 saturated heterocycles. The first-order valence-corrected chi connectivity index (χ1v) is 5.37. The van der Waals surface area contributed by atoms with Crippen molar-refractivity contribution in [1.82, 2.24) is 0 Å². The molecule has 0 aliphatic heterocycles. The minimum absolute atomic E-state index is 0.0916. The van der Waals surface area contributed by atoms with Gasteiger partial charge in [-0.25, -0.2) is 9.18 Å². The second kappa shape index (κ2) is 5.76. The standard InChI is InChI=1S/C11H10F3NO5/c1-3-19-10(16)11(13,14)20-9-4-6(2)8(15(17)18)5-7(9)12/h4-5H,3H2,1-2H3. The molecule has 0 saturated carbocycles. The summed E-state index contributed by atoms with van der Waals surface area (Å²) in [6.07, 6.45) is -4.39. The van der Waals surface area contributed by atoms with E-state index in [9.17, 15) is 28.1 Å². The lowest BCUT2D eigenvalue weighted by Crippen LogP contribution is -2.37. The number of hydrogen-bond acceptors (Lipinski definition) is 5. The van der Waals surface area contributed by atoms with Crippen LogP contribution < -0.4 is 4.74 Å². The van der Waals surface area contributed by atoms with Crippen LogP contribution in [-0.4, -0.2) is 23.6 Å². The molecule has 0 bridgehead atoms. The smallest absolute Gasteiger partial charge is 0.459 e. The van der Waals surface area contributed by atoms with Crippen LogP contribution in [0.25, 0.3) is 0 Å². The predicted octanol–water partition coefficient (Wildman–Crippen LogP) is 2.58. The van der Waals surface area contributed by atoms with Gasteiger partial charge in [0.15, 0.2) is 11.6 Å². The van der Waals surface area contributed by atoms with Crippen molar-refractivity contribution in [2.75, 3.05) is 6.61 Å². The average Bonchev–Trinajstić information content (AvgIpc) is 2.33. The van der Waals surface area contributed by atoms with Crippen molar-refractivity contribution in [2.24, 2.45) is 0 Å². The van der Waals surface area contributed by atoms with Crippen molar-refractivity contribution >= 4 is 11.7 Å². The molecule has 0 fully saturated rings. The molecule has 0 amide bonds. The Morgan fingerprint density at radius 2 is 2.05 bits per heavy atom. The van der Waals surface area contributed by atoms with E-state index in [1.165, 1.54) is 13.8 Å². The number of carbonyl (C=O) groups excluding carboxylic acids is 1. The van der Waals surface area contributed by atoms with Crippen LogP contribution >= 0.6 is 0 Å². The Morgan fingerprint density at radius 1 is 1.45 bits per heavy atom. The third kappa shape index (κ3) is 3.37. The Kier molecular flexibility index (Phi) is 4.53. The first kappa shape index (κ1) is 15.7. The normalized spacial score (nSPS) is 11.1. The lowest BCUT2D eigenvalue weighted by Gasteiger charge is -2.16. The number of nitrogens with zero attached hydrogens (tertiary/aromatic N) is 1. The maximum atomic E-state index is 13.5. The van der Waals surface area contributed by atoms with Gasteiger partial charge in [-0.05, 0) is 19.9 Å². The zero-order valence-electron chi connectivity index (χ0n) is 10.5. The topological polar surface area (TPSA) is 78.7 Å². The summed E-state index contributed by atoms with van der Waals surface area (Å²) in [6.45, 7) is 2.22. The molecule has 1 rings (SSSR count).